The number of rotatable bonds is 6. The molecule has 10 heteroatoms. The second-order valence-electron chi connectivity index (χ2n) is 6.84. The van der Waals surface area contributed by atoms with Crippen molar-refractivity contribution in [3.63, 3.8) is 0 Å². The zero-order valence-electron chi connectivity index (χ0n) is 16.5. The van der Waals surface area contributed by atoms with Crippen LogP contribution in [-0.4, -0.2) is 47.3 Å². The minimum absolute atomic E-state index is 0.125. The van der Waals surface area contributed by atoms with Gasteiger partial charge in [0.15, 0.2) is 20.4 Å². The SMILES string of the molecule is CC(c1ccc(S(C)(=O)=O)cc1)N(C)C(=O)C(C)n1c(-c2cccs2)n[nH]c1=S. The van der Waals surface area contributed by atoms with E-state index >= 15 is 0 Å². The summed E-state index contributed by atoms with van der Waals surface area (Å²) < 4.78 is 25.4. The number of benzene rings is 1. The highest BCUT2D eigenvalue weighted by molar-refractivity contribution is 7.90. The van der Waals surface area contributed by atoms with E-state index in [4.69, 9.17) is 12.2 Å². The Hall–Kier alpha value is -2.30. The Morgan fingerprint density at radius 3 is 2.45 bits per heavy atom. The number of nitrogens with one attached hydrogen (secondary N) is 1. The number of carbonyl (C=O) groups excluding carboxylic acids is 1. The molecule has 0 saturated heterocycles. The number of aromatic amines is 1. The van der Waals surface area contributed by atoms with Gasteiger partial charge < -0.3 is 4.90 Å². The summed E-state index contributed by atoms with van der Waals surface area (Å²) in [5.41, 5.74) is 0.842. The maximum Gasteiger partial charge on any atom is 0.245 e. The zero-order chi connectivity index (χ0) is 21.3. The molecule has 154 valence electrons. The maximum atomic E-state index is 13.2. The summed E-state index contributed by atoms with van der Waals surface area (Å²) in [5.74, 6) is 0.504. The van der Waals surface area contributed by atoms with E-state index in [0.717, 1.165) is 10.4 Å². The smallest absolute Gasteiger partial charge is 0.245 e. The van der Waals surface area contributed by atoms with Crippen LogP contribution in [0.2, 0.25) is 0 Å². The highest BCUT2D eigenvalue weighted by Crippen LogP contribution is 2.28. The van der Waals surface area contributed by atoms with Crippen LogP contribution in [0.1, 0.15) is 31.5 Å². The minimum Gasteiger partial charge on any atom is -0.337 e. The molecule has 3 aromatic rings. The summed E-state index contributed by atoms with van der Waals surface area (Å²) in [6.45, 7) is 3.69. The fourth-order valence-electron chi connectivity index (χ4n) is 3.06. The van der Waals surface area contributed by atoms with Crippen molar-refractivity contribution in [2.45, 2.75) is 30.8 Å². The largest absolute Gasteiger partial charge is 0.337 e. The van der Waals surface area contributed by atoms with E-state index < -0.39 is 15.9 Å². The van der Waals surface area contributed by atoms with E-state index in [1.54, 1.807) is 47.7 Å². The fraction of sp³-hybridized carbons (Fsp3) is 0.316. The maximum absolute atomic E-state index is 13.2. The highest BCUT2D eigenvalue weighted by atomic mass is 32.2. The van der Waals surface area contributed by atoms with Gasteiger partial charge in [0.25, 0.3) is 0 Å². The number of thiophene rings is 1. The summed E-state index contributed by atoms with van der Waals surface area (Å²) in [7, 11) is -1.54. The number of carbonyl (C=O) groups is 1. The summed E-state index contributed by atoms with van der Waals surface area (Å²) >= 11 is 6.88. The van der Waals surface area contributed by atoms with Gasteiger partial charge in [-0.25, -0.2) is 8.42 Å². The third-order valence-electron chi connectivity index (χ3n) is 4.91. The molecule has 1 N–H and O–H groups in total. The molecule has 2 atom stereocenters. The first kappa shape index (κ1) is 21.4. The molecule has 7 nitrogen and oxygen atoms in total. The Morgan fingerprint density at radius 2 is 1.90 bits per heavy atom. The molecule has 1 amide bonds. The van der Waals surface area contributed by atoms with Gasteiger partial charge in [0.1, 0.15) is 6.04 Å². The standard InChI is InChI=1S/C19H22N4O3S3/c1-12(14-7-9-15(10-8-14)29(4,25)26)22(3)18(24)13(2)23-17(20-21-19(23)27)16-6-5-11-28-16/h5-13H,1-4H3,(H,21,27). The van der Waals surface area contributed by atoms with Crippen LogP contribution in [0.15, 0.2) is 46.7 Å². The second kappa shape index (κ2) is 8.21. The molecule has 0 saturated carbocycles. The Bertz CT molecular complexity index is 1160. The highest BCUT2D eigenvalue weighted by Gasteiger charge is 2.27. The van der Waals surface area contributed by atoms with E-state index in [1.807, 2.05) is 24.4 Å². The lowest BCUT2D eigenvalue weighted by atomic mass is 10.1. The van der Waals surface area contributed by atoms with Crippen molar-refractivity contribution in [1.29, 1.82) is 0 Å². The van der Waals surface area contributed by atoms with Crippen LogP contribution in [-0.2, 0) is 14.6 Å². The lowest BCUT2D eigenvalue weighted by Gasteiger charge is -2.29. The van der Waals surface area contributed by atoms with Crippen LogP contribution in [0.5, 0.6) is 0 Å². The van der Waals surface area contributed by atoms with Crippen LogP contribution in [0.25, 0.3) is 10.7 Å². The van der Waals surface area contributed by atoms with Crippen LogP contribution >= 0.6 is 23.6 Å². The zero-order valence-corrected chi connectivity index (χ0v) is 18.9. The van der Waals surface area contributed by atoms with Gasteiger partial charge in [-0.15, -0.1) is 11.3 Å². The van der Waals surface area contributed by atoms with Crippen molar-refractivity contribution >= 4 is 39.3 Å². The predicted molar refractivity (Wildman–Crippen MR) is 116 cm³/mol. The molecule has 2 heterocycles. The number of hydrogen-bond donors (Lipinski definition) is 1. The Morgan fingerprint density at radius 1 is 1.24 bits per heavy atom. The first-order chi connectivity index (χ1) is 13.6. The van der Waals surface area contributed by atoms with Crippen molar-refractivity contribution in [3.8, 4) is 10.7 Å². The molecule has 0 fully saturated rings. The first-order valence-corrected chi connectivity index (χ1v) is 12.1. The van der Waals surface area contributed by atoms with E-state index in [2.05, 4.69) is 10.2 Å². The quantitative estimate of drug-likeness (QED) is 0.576. The lowest BCUT2D eigenvalue weighted by Crippen LogP contribution is -2.35. The number of sulfone groups is 1. The van der Waals surface area contributed by atoms with Gasteiger partial charge in [-0.2, -0.15) is 5.10 Å². The topological polar surface area (TPSA) is 88.1 Å². The summed E-state index contributed by atoms with van der Waals surface area (Å²) in [6, 6.07) is 9.63. The van der Waals surface area contributed by atoms with E-state index in [1.165, 1.54) is 17.6 Å². The van der Waals surface area contributed by atoms with E-state index in [0.29, 0.717) is 10.6 Å². The average molecular weight is 451 g/mol. The van der Waals surface area contributed by atoms with Crippen LogP contribution in [0.4, 0.5) is 0 Å². The Labute approximate surface area is 178 Å². The molecule has 0 bridgehead atoms. The molecule has 3 rings (SSSR count). The Balaban J connectivity index is 1.85. The molecule has 0 aliphatic rings. The van der Waals surface area contributed by atoms with Crippen molar-refractivity contribution in [2.24, 2.45) is 0 Å². The lowest BCUT2D eigenvalue weighted by molar-refractivity contribution is -0.134. The number of likely N-dealkylation sites (N-methyl/N-ethyl adjacent to an activating group) is 1. The molecule has 29 heavy (non-hydrogen) atoms. The summed E-state index contributed by atoms with van der Waals surface area (Å²) in [5, 5.41) is 9.00. The predicted octanol–water partition coefficient (Wildman–Crippen LogP) is 3.85. The number of nitrogens with zero attached hydrogens (tertiary/aromatic N) is 3. The van der Waals surface area contributed by atoms with Gasteiger partial charge in [-0.1, -0.05) is 18.2 Å². The van der Waals surface area contributed by atoms with Gasteiger partial charge in [-0.3, -0.25) is 14.5 Å². The normalized spacial score (nSPS) is 13.8. The molecule has 0 radical (unpaired) electrons. The summed E-state index contributed by atoms with van der Waals surface area (Å²) in [6.07, 6.45) is 1.17. The second-order valence-corrected chi connectivity index (χ2v) is 10.2. The van der Waals surface area contributed by atoms with Crippen LogP contribution in [0.3, 0.4) is 0 Å². The monoisotopic (exact) mass is 450 g/mol. The van der Waals surface area contributed by atoms with Gasteiger partial charge >= 0.3 is 0 Å². The molecular weight excluding hydrogens is 428 g/mol. The summed E-state index contributed by atoms with van der Waals surface area (Å²) in [4.78, 5) is 16.0. The van der Waals surface area contributed by atoms with Crippen molar-refractivity contribution in [3.05, 3.63) is 52.1 Å². The molecule has 0 aliphatic heterocycles. The van der Waals surface area contributed by atoms with Crippen molar-refractivity contribution in [1.82, 2.24) is 19.7 Å². The third-order valence-corrected chi connectivity index (χ3v) is 7.19. The van der Waals surface area contributed by atoms with E-state index in [9.17, 15) is 13.2 Å². The molecule has 1 aromatic carbocycles. The number of amides is 1. The number of hydrogen-bond acceptors (Lipinski definition) is 6. The Kier molecular flexibility index (Phi) is 6.06. The van der Waals surface area contributed by atoms with Crippen LogP contribution in [0, 0.1) is 4.77 Å². The van der Waals surface area contributed by atoms with Gasteiger partial charge in [0, 0.05) is 13.3 Å². The van der Waals surface area contributed by atoms with Crippen molar-refractivity contribution < 1.29 is 13.2 Å². The third kappa shape index (κ3) is 4.34. The molecule has 0 spiro atoms. The van der Waals surface area contributed by atoms with Crippen LogP contribution < -0.4 is 0 Å². The van der Waals surface area contributed by atoms with Gasteiger partial charge in [-0.05, 0) is 55.2 Å². The molecule has 0 aliphatic carbocycles. The molecular formula is C19H22N4O3S3. The number of H-pyrrole nitrogens is 1. The van der Waals surface area contributed by atoms with E-state index in [-0.39, 0.29) is 16.8 Å². The first-order valence-electron chi connectivity index (χ1n) is 8.88. The molecule has 2 unspecified atom stereocenters. The fourth-order valence-corrected chi connectivity index (χ4v) is 4.69. The number of aromatic nitrogens is 3. The van der Waals surface area contributed by atoms with Crippen molar-refractivity contribution in [2.75, 3.05) is 13.3 Å². The molecule has 2 aromatic heterocycles. The average Bonchev–Trinajstić information content (AvgIpc) is 3.34. The minimum atomic E-state index is -3.26. The van der Waals surface area contributed by atoms with Gasteiger partial charge in [0.05, 0.1) is 15.8 Å². The van der Waals surface area contributed by atoms with Gasteiger partial charge in [0.2, 0.25) is 5.91 Å².